The molecule has 34 heavy (non-hydrogen) atoms. The minimum atomic E-state index is -0.793. The molecule has 1 fully saturated rings. The molecule has 0 bridgehead atoms. The smallest absolute Gasteiger partial charge is 0.309 e. The first-order valence-corrected chi connectivity index (χ1v) is 10.8. The molecule has 1 aliphatic heterocycles. The van der Waals surface area contributed by atoms with E-state index in [2.05, 4.69) is 15.5 Å². The number of hydrogen-bond donors (Lipinski definition) is 1. The van der Waals surface area contributed by atoms with Gasteiger partial charge in [-0.15, -0.1) is 5.10 Å². The number of cyclic esters (lactones) is 1. The van der Waals surface area contributed by atoms with Crippen molar-refractivity contribution in [3.63, 3.8) is 0 Å². The van der Waals surface area contributed by atoms with Gasteiger partial charge in [0.2, 0.25) is 0 Å². The van der Waals surface area contributed by atoms with E-state index in [0.29, 0.717) is 39.2 Å². The van der Waals surface area contributed by atoms with Crippen LogP contribution in [0.3, 0.4) is 0 Å². The summed E-state index contributed by atoms with van der Waals surface area (Å²) in [5.41, 5.74) is 3.43. The van der Waals surface area contributed by atoms with E-state index in [1.165, 1.54) is 16.8 Å². The van der Waals surface area contributed by atoms with E-state index in [4.69, 9.17) is 4.74 Å². The second-order valence-corrected chi connectivity index (χ2v) is 8.32. The third kappa shape index (κ3) is 4.94. The molecule has 176 valence electrons. The van der Waals surface area contributed by atoms with Crippen LogP contribution in [0.15, 0.2) is 48.6 Å². The number of esters is 1. The number of aliphatic hydroxyl groups excluding tert-OH is 1. The molecule has 1 N–H and O–H groups in total. The van der Waals surface area contributed by atoms with E-state index in [1.807, 2.05) is 0 Å². The molecule has 7 nitrogen and oxygen atoms in total. The number of allylic oxidation sites excluding steroid dienone is 2. The summed E-state index contributed by atoms with van der Waals surface area (Å²) in [6.45, 7) is 3.32. The number of carbonyl (C=O) groups is 1. The van der Waals surface area contributed by atoms with Crippen LogP contribution in [-0.4, -0.2) is 43.5 Å². The summed E-state index contributed by atoms with van der Waals surface area (Å²) < 4.78 is 35.0. The predicted octanol–water partition coefficient (Wildman–Crippen LogP) is 3.69. The first kappa shape index (κ1) is 23.4. The van der Waals surface area contributed by atoms with Gasteiger partial charge in [0.05, 0.1) is 12.5 Å². The Morgan fingerprint density at radius 2 is 1.74 bits per heavy atom. The van der Waals surface area contributed by atoms with Gasteiger partial charge in [-0.25, -0.2) is 13.5 Å². The summed E-state index contributed by atoms with van der Waals surface area (Å²) >= 11 is 0. The van der Waals surface area contributed by atoms with Gasteiger partial charge in [-0.3, -0.25) is 4.79 Å². The number of ether oxygens (including phenoxy) is 1. The van der Waals surface area contributed by atoms with Crippen molar-refractivity contribution in [3.05, 3.63) is 88.3 Å². The molecule has 4 rings (SSSR count). The van der Waals surface area contributed by atoms with Crippen LogP contribution in [0.2, 0.25) is 0 Å². The second kappa shape index (κ2) is 9.64. The van der Waals surface area contributed by atoms with Gasteiger partial charge >= 0.3 is 5.97 Å². The zero-order valence-corrected chi connectivity index (χ0v) is 19.0. The molecule has 2 aromatic carbocycles. The van der Waals surface area contributed by atoms with E-state index in [1.54, 1.807) is 57.3 Å². The van der Waals surface area contributed by atoms with E-state index >= 15 is 0 Å². The van der Waals surface area contributed by atoms with Gasteiger partial charge in [0.25, 0.3) is 0 Å². The van der Waals surface area contributed by atoms with E-state index in [-0.39, 0.29) is 24.5 Å². The molecule has 2 unspecified atom stereocenters. The Kier molecular flexibility index (Phi) is 6.65. The molecule has 1 saturated heterocycles. The van der Waals surface area contributed by atoms with Crippen molar-refractivity contribution in [3.8, 4) is 0 Å². The van der Waals surface area contributed by atoms with E-state index in [0.717, 1.165) is 0 Å². The van der Waals surface area contributed by atoms with Crippen LogP contribution in [0.4, 0.5) is 8.78 Å². The van der Waals surface area contributed by atoms with Crippen molar-refractivity contribution < 1.29 is 23.4 Å². The maximum atomic E-state index is 14.1. The highest BCUT2D eigenvalue weighted by Crippen LogP contribution is 2.34. The van der Waals surface area contributed by atoms with Crippen LogP contribution in [0.25, 0.3) is 11.1 Å². The van der Waals surface area contributed by atoms with Gasteiger partial charge in [-0.2, -0.15) is 0 Å². The molecule has 0 amide bonds. The van der Waals surface area contributed by atoms with Crippen molar-refractivity contribution in [2.45, 2.75) is 38.9 Å². The number of aliphatic hydroxyl groups is 1. The second-order valence-electron chi connectivity index (χ2n) is 8.32. The highest BCUT2D eigenvalue weighted by atomic mass is 19.1. The molecule has 0 radical (unpaired) electrons. The quantitative estimate of drug-likeness (QED) is 0.456. The van der Waals surface area contributed by atoms with E-state index in [9.17, 15) is 18.7 Å². The summed E-state index contributed by atoms with van der Waals surface area (Å²) in [5, 5.41) is 21.8. The molecule has 0 saturated carbocycles. The zero-order chi connectivity index (χ0) is 24.4. The average molecular weight is 466 g/mol. The van der Waals surface area contributed by atoms with Gasteiger partial charge in [0.1, 0.15) is 17.7 Å². The first-order valence-electron chi connectivity index (χ1n) is 10.8. The molecule has 2 heterocycles. The number of carbonyl (C=O) groups excluding carboxylic acids is 1. The molecule has 1 aromatic heterocycles. The maximum Gasteiger partial charge on any atom is 0.309 e. The topological polar surface area (TPSA) is 90.1 Å². The Morgan fingerprint density at radius 3 is 2.24 bits per heavy atom. The number of nitrogens with zero attached hydrogens (tertiary/aromatic N) is 4. The lowest BCUT2D eigenvalue weighted by molar-refractivity contribution is -0.156. The van der Waals surface area contributed by atoms with Crippen LogP contribution in [-0.2, 0) is 16.6 Å². The van der Waals surface area contributed by atoms with Crippen LogP contribution in [0.5, 0.6) is 0 Å². The third-order valence-corrected chi connectivity index (χ3v) is 5.69. The van der Waals surface area contributed by atoms with E-state index < -0.39 is 18.2 Å². The fraction of sp³-hybridized carbons (Fsp3) is 0.280. The SMILES string of the molecule is Cc1cc(C(=C(C=CC2CC(O)CC(=O)O2)c2nnnn2C)c2ccc(F)c(C)c2)ccc1F. The Bertz CT molecular complexity index is 1250. The molecular weight excluding hydrogens is 442 g/mol. The Labute approximate surface area is 195 Å². The number of halogens is 2. The molecule has 9 heteroatoms. The fourth-order valence-corrected chi connectivity index (χ4v) is 3.94. The average Bonchev–Trinajstić information content (AvgIpc) is 3.20. The summed E-state index contributed by atoms with van der Waals surface area (Å²) in [6.07, 6.45) is 2.16. The summed E-state index contributed by atoms with van der Waals surface area (Å²) in [4.78, 5) is 11.8. The maximum absolute atomic E-state index is 14.1. The minimum absolute atomic E-state index is 0.0464. The number of tetrazole rings is 1. The third-order valence-electron chi connectivity index (χ3n) is 5.69. The first-order chi connectivity index (χ1) is 16.2. The number of aromatic nitrogens is 4. The molecular formula is C25H24F2N4O3. The highest BCUT2D eigenvalue weighted by Gasteiger charge is 2.26. The number of aryl methyl sites for hydroxylation is 3. The lowest BCUT2D eigenvalue weighted by atomic mass is 9.90. The van der Waals surface area contributed by atoms with Crippen LogP contribution in [0, 0.1) is 25.5 Å². The molecule has 3 aromatic rings. The molecule has 1 aliphatic rings. The fourth-order valence-electron chi connectivity index (χ4n) is 3.94. The van der Waals surface area contributed by atoms with Crippen molar-refractivity contribution in [1.29, 1.82) is 0 Å². The van der Waals surface area contributed by atoms with Crippen LogP contribution in [0.1, 0.15) is 40.9 Å². The highest BCUT2D eigenvalue weighted by molar-refractivity contribution is 6.01. The zero-order valence-electron chi connectivity index (χ0n) is 19.0. The molecule has 2 atom stereocenters. The van der Waals surface area contributed by atoms with Gasteiger partial charge in [0, 0.05) is 19.0 Å². The number of rotatable bonds is 5. The van der Waals surface area contributed by atoms with Crippen molar-refractivity contribution in [2.75, 3.05) is 0 Å². The van der Waals surface area contributed by atoms with Crippen molar-refractivity contribution >= 4 is 17.1 Å². The largest absolute Gasteiger partial charge is 0.458 e. The minimum Gasteiger partial charge on any atom is -0.458 e. The molecule has 0 spiro atoms. The lowest BCUT2D eigenvalue weighted by Crippen LogP contribution is -2.31. The van der Waals surface area contributed by atoms with Crippen LogP contribution < -0.4 is 0 Å². The predicted molar refractivity (Wildman–Crippen MR) is 121 cm³/mol. The number of hydrogen-bond acceptors (Lipinski definition) is 6. The van der Waals surface area contributed by atoms with Gasteiger partial charge < -0.3 is 9.84 Å². The van der Waals surface area contributed by atoms with Crippen molar-refractivity contribution in [2.24, 2.45) is 7.05 Å². The molecule has 0 aliphatic carbocycles. The van der Waals surface area contributed by atoms with Crippen molar-refractivity contribution in [1.82, 2.24) is 20.2 Å². The Morgan fingerprint density at radius 1 is 1.12 bits per heavy atom. The summed E-state index contributed by atoms with van der Waals surface area (Å²) in [6, 6.07) is 9.42. The Balaban J connectivity index is 1.96. The number of benzene rings is 2. The standard InChI is InChI=1S/C25H24F2N4O3/c1-14-10-16(4-8-21(14)26)24(17-5-9-22(27)15(2)11-17)20(25-28-29-30-31(25)3)7-6-19-12-18(32)13-23(33)34-19/h4-11,18-19,32H,12-13H2,1-3H3. The summed E-state index contributed by atoms with van der Waals surface area (Å²) in [5.74, 6) is -0.779. The normalized spacial score (nSPS) is 18.2. The van der Waals surface area contributed by atoms with Crippen LogP contribution >= 0.6 is 0 Å². The van der Waals surface area contributed by atoms with Gasteiger partial charge in [-0.05, 0) is 82.4 Å². The van der Waals surface area contributed by atoms with Gasteiger partial charge in [-0.1, -0.05) is 18.2 Å². The monoisotopic (exact) mass is 466 g/mol. The lowest BCUT2D eigenvalue weighted by Gasteiger charge is -2.23. The summed E-state index contributed by atoms with van der Waals surface area (Å²) in [7, 11) is 1.68. The van der Waals surface area contributed by atoms with Gasteiger partial charge in [0.15, 0.2) is 5.82 Å². The Hall–Kier alpha value is -3.72.